The van der Waals surface area contributed by atoms with Gasteiger partial charge in [-0.05, 0) is 24.6 Å². The number of benzene rings is 1. The van der Waals surface area contributed by atoms with E-state index in [1.165, 1.54) is 24.7 Å². The summed E-state index contributed by atoms with van der Waals surface area (Å²) < 4.78 is 13.0. The topological polar surface area (TPSA) is 37.8 Å². The monoisotopic (exact) mass is 285 g/mol. The molecule has 1 heterocycles. The summed E-state index contributed by atoms with van der Waals surface area (Å²) in [7, 11) is 0. The second-order valence-corrected chi connectivity index (χ2v) is 4.57. The van der Waals surface area contributed by atoms with Crippen molar-refractivity contribution >= 4 is 29.0 Å². The molecule has 0 fully saturated rings. The summed E-state index contributed by atoms with van der Waals surface area (Å²) in [5.74, 6) is 0.149. The van der Waals surface area contributed by atoms with E-state index in [2.05, 4.69) is 15.3 Å². The van der Waals surface area contributed by atoms with E-state index in [4.69, 9.17) is 23.2 Å². The summed E-state index contributed by atoms with van der Waals surface area (Å²) in [6.07, 6.45) is 2.89. The Hall–Kier alpha value is -1.39. The fraction of sp³-hybridized carbons (Fsp3) is 0.167. The number of anilines is 1. The Morgan fingerprint density at radius 3 is 2.72 bits per heavy atom. The third-order valence-electron chi connectivity index (χ3n) is 2.45. The van der Waals surface area contributed by atoms with Gasteiger partial charge in [-0.25, -0.2) is 14.4 Å². The molecule has 18 heavy (non-hydrogen) atoms. The lowest BCUT2D eigenvalue weighted by molar-refractivity contribution is 0.626. The number of halogens is 3. The largest absolute Gasteiger partial charge is 0.362 e. The lowest BCUT2D eigenvalue weighted by Gasteiger charge is -2.16. The number of nitrogens with one attached hydrogen (secondary N) is 1. The van der Waals surface area contributed by atoms with Crippen LogP contribution in [-0.4, -0.2) is 9.97 Å². The molecule has 0 radical (unpaired) electrons. The second-order valence-electron chi connectivity index (χ2n) is 3.75. The van der Waals surface area contributed by atoms with Gasteiger partial charge in [0.05, 0.1) is 12.2 Å². The molecule has 94 valence electrons. The molecule has 6 heteroatoms. The maximum atomic E-state index is 13.0. The lowest BCUT2D eigenvalue weighted by Crippen LogP contribution is -2.09. The fourth-order valence-corrected chi connectivity index (χ4v) is 2.04. The van der Waals surface area contributed by atoms with Gasteiger partial charge in [-0.15, -0.1) is 0 Å². The van der Waals surface area contributed by atoms with Crippen molar-refractivity contribution in [2.24, 2.45) is 0 Å². The fourth-order valence-electron chi connectivity index (χ4n) is 1.55. The normalized spacial score (nSPS) is 12.2. The predicted octanol–water partition coefficient (Wildman–Crippen LogP) is 4.10. The van der Waals surface area contributed by atoms with Crippen molar-refractivity contribution in [1.29, 1.82) is 0 Å². The van der Waals surface area contributed by atoms with Crippen molar-refractivity contribution in [3.8, 4) is 0 Å². The summed E-state index contributed by atoms with van der Waals surface area (Å²) in [5, 5.41) is 3.88. The Labute approximate surface area is 114 Å². The highest BCUT2D eigenvalue weighted by atomic mass is 35.5. The first-order valence-corrected chi connectivity index (χ1v) is 6.00. The summed E-state index contributed by atoms with van der Waals surface area (Å²) in [5.41, 5.74) is 0.771. The summed E-state index contributed by atoms with van der Waals surface area (Å²) in [6.45, 7) is 1.89. The molecule has 0 saturated carbocycles. The predicted molar refractivity (Wildman–Crippen MR) is 70.5 cm³/mol. The van der Waals surface area contributed by atoms with Crippen molar-refractivity contribution in [2.45, 2.75) is 13.0 Å². The molecule has 1 aromatic carbocycles. The average Bonchev–Trinajstić information content (AvgIpc) is 2.32. The Bertz CT molecular complexity index is 563. The number of nitrogens with zero attached hydrogens (tertiary/aromatic N) is 2. The van der Waals surface area contributed by atoms with Crippen molar-refractivity contribution in [3.63, 3.8) is 0 Å². The highest BCUT2D eigenvalue weighted by Gasteiger charge is 2.12. The quantitative estimate of drug-likeness (QED) is 0.923. The van der Waals surface area contributed by atoms with Crippen LogP contribution in [0.25, 0.3) is 0 Å². The third-order valence-corrected chi connectivity index (χ3v) is 3.05. The standard InChI is InChI=1S/C12H10Cl2FN3/c1-7(9-3-2-8(15)4-10(9)13)18-12-11(14)5-16-6-17-12/h2-7H,1H3,(H,16,17,18). The van der Waals surface area contributed by atoms with E-state index >= 15 is 0 Å². The molecular weight excluding hydrogens is 276 g/mol. The Kier molecular flexibility index (Phi) is 3.99. The Morgan fingerprint density at radius 2 is 2.06 bits per heavy atom. The van der Waals surface area contributed by atoms with Crippen LogP contribution in [0.5, 0.6) is 0 Å². The molecule has 0 aliphatic heterocycles. The van der Waals surface area contributed by atoms with Gasteiger partial charge in [0.15, 0.2) is 0 Å². The molecule has 0 saturated heterocycles. The molecular formula is C12H10Cl2FN3. The van der Waals surface area contributed by atoms with Crippen LogP contribution in [0.1, 0.15) is 18.5 Å². The van der Waals surface area contributed by atoms with Gasteiger partial charge in [-0.3, -0.25) is 0 Å². The second kappa shape index (κ2) is 5.50. The van der Waals surface area contributed by atoms with Gasteiger partial charge in [0.1, 0.15) is 23.0 Å². The van der Waals surface area contributed by atoms with Crippen molar-refractivity contribution in [3.05, 3.63) is 52.1 Å². The smallest absolute Gasteiger partial charge is 0.148 e. The maximum Gasteiger partial charge on any atom is 0.148 e. The van der Waals surface area contributed by atoms with E-state index in [1.54, 1.807) is 6.07 Å². The molecule has 0 aliphatic carbocycles. The first-order valence-electron chi connectivity index (χ1n) is 5.25. The lowest BCUT2D eigenvalue weighted by atomic mass is 10.1. The molecule has 2 aromatic rings. The molecule has 0 aliphatic rings. The first-order chi connectivity index (χ1) is 8.58. The van der Waals surface area contributed by atoms with E-state index < -0.39 is 0 Å². The molecule has 1 N–H and O–H groups in total. The molecule has 0 bridgehead atoms. The molecule has 1 aromatic heterocycles. The molecule has 0 amide bonds. The number of hydrogen-bond acceptors (Lipinski definition) is 3. The van der Waals surface area contributed by atoms with Crippen molar-refractivity contribution < 1.29 is 4.39 Å². The van der Waals surface area contributed by atoms with Gasteiger partial charge in [0, 0.05) is 5.02 Å². The average molecular weight is 286 g/mol. The molecule has 1 unspecified atom stereocenters. The van der Waals surface area contributed by atoms with Gasteiger partial charge < -0.3 is 5.32 Å². The van der Waals surface area contributed by atoms with Gasteiger partial charge >= 0.3 is 0 Å². The highest BCUT2D eigenvalue weighted by Crippen LogP contribution is 2.28. The summed E-state index contributed by atoms with van der Waals surface area (Å²) in [4.78, 5) is 7.82. The van der Waals surface area contributed by atoms with Crippen LogP contribution in [0.4, 0.5) is 10.2 Å². The van der Waals surface area contributed by atoms with Crippen LogP contribution >= 0.6 is 23.2 Å². The van der Waals surface area contributed by atoms with Crippen LogP contribution in [0.3, 0.4) is 0 Å². The zero-order valence-electron chi connectivity index (χ0n) is 9.49. The minimum Gasteiger partial charge on any atom is -0.362 e. The van der Waals surface area contributed by atoms with Crippen LogP contribution < -0.4 is 5.32 Å². The SMILES string of the molecule is CC(Nc1ncncc1Cl)c1ccc(F)cc1Cl. The van der Waals surface area contributed by atoms with E-state index in [-0.39, 0.29) is 11.9 Å². The minimum absolute atomic E-state index is 0.148. The van der Waals surface area contributed by atoms with Crippen molar-refractivity contribution in [2.75, 3.05) is 5.32 Å². The number of hydrogen-bond donors (Lipinski definition) is 1. The highest BCUT2D eigenvalue weighted by molar-refractivity contribution is 6.32. The number of rotatable bonds is 3. The Balaban J connectivity index is 2.22. The van der Waals surface area contributed by atoms with E-state index in [0.29, 0.717) is 15.9 Å². The van der Waals surface area contributed by atoms with Gasteiger partial charge in [-0.2, -0.15) is 0 Å². The van der Waals surface area contributed by atoms with Crippen LogP contribution in [0.2, 0.25) is 10.0 Å². The van der Waals surface area contributed by atoms with E-state index in [0.717, 1.165) is 5.56 Å². The zero-order chi connectivity index (χ0) is 13.1. The van der Waals surface area contributed by atoms with E-state index in [1.807, 2.05) is 6.92 Å². The molecule has 0 spiro atoms. The molecule has 3 nitrogen and oxygen atoms in total. The summed E-state index contributed by atoms with van der Waals surface area (Å²) in [6, 6.07) is 4.12. The van der Waals surface area contributed by atoms with Gasteiger partial charge in [0.2, 0.25) is 0 Å². The maximum absolute atomic E-state index is 13.0. The number of aromatic nitrogens is 2. The van der Waals surface area contributed by atoms with Crippen LogP contribution in [0.15, 0.2) is 30.7 Å². The summed E-state index contributed by atoms with van der Waals surface area (Å²) >= 11 is 11.9. The van der Waals surface area contributed by atoms with E-state index in [9.17, 15) is 4.39 Å². The Morgan fingerprint density at radius 1 is 1.28 bits per heavy atom. The van der Waals surface area contributed by atoms with Crippen LogP contribution in [-0.2, 0) is 0 Å². The molecule has 1 atom stereocenters. The van der Waals surface area contributed by atoms with Crippen LogP contribution in [0, 0.1) is 5.82 Å². The third kappa shape index (κ3) is 2.89. The zero-order valence-corrected chi connectivity index (χ0v) is 11.0. The first kappa shape index (κ1) is 13.1. The molecule has 2 rings (SSSR count). The van der Waals surface area contributed by atoms with Gasteiger partial charge in [-0.1, -0.05) is 29.3 Å². The minimum atomic E-state index is -0.365. The van der Waals surface area contributed by atoms with Crippen molar-refractivity contribution in [1.82, 2.24) is 9.97 Å². The van der Waals surface area contributed by atoms with Gasteiger partial charge in [0.25, 0.3) is 0 Å².